The first-order valence-corrected chi connectivity index (χ1v) is 5.41. The first-order valence-electron chi connectivity index (χ1n) is 5.41. The second-order valence-electron chi connectivity index (χ2n) is 3.50. The van der Waals surface area contributed by atoms with Crippen LogP contribution in [0.4, 0.5) is 0 Å². The van der Waals surface area contributed by atoms with Crippen LogP contribution in [0.2, 0.25) is 0 Å². The summed E-state index contributed by atoms with van der Waals surface area (Å²) in [4.78, 5) is 13.4. The summed E-state index contributed by atoms with van der Waals surface area (Å²) in [5.74, 6) is -0.0790. The van der Waals surface area contributed by atoms with E-state index in [-0.39, 0.29) is 18.4 Å². The predicted molar refractivity (Wildman–Crippen MR) is 62.4 cm³/mol. The van der Waals surface area contributed by atoms with Crippen molar-refractivity contribution >= 4 is 18.4 Å². The number of nitrogens with zero attached hydrogens (tertiary/aromatic N) is 1. The molecule has 0 unspecified atom stereocenters. The molecule has 5 heteroatoms. The lowest BCUT2D eigenvalue weighted by molar-refractivity contribution is -0.143. The van der Waals surface area contributed by atoms with E-state index in [1.807, 2.05) is 6.92 Å². The molecule has 90 valence electrons. The van der Waals surface area contributed by atoms with Crippen LogP contribution in [0.1, 0.15) is 19.8 Å². The Hall–Kier alpha value is -0.320. The molecule has 1 N–H and O–H groups in total. The molecule has 0 aromatic heterocycles. The highest BCUT2D eigenvalue weighted by Crippen LogP contribution is 1.97. The average molecular weight is 237 g/mol. The summed E-state index contributed by atoms with van der Waals surface area (Å²) in [6, 6.07) is 0. The highest BCUT2D eigenvalue weighted by molar-refractivity contribution is 5.85. The summed E-state index contributed by atoms with van der Waals surface area (Å²) in [6.45, 7) is 7.42. The molecule has 1 heterocycles. The Balaban J connectivity index is 0.00000196. The van der Waals surface area contributed by atoms with Crippen LogP contribution in [0, 0.1) is 0 Å². The maximum absolute atomic E-state index is 11.1. The zero-order valence-electron chi connectivity index (χ0n) is 9.33. The molecular weight excluding hydrogens is 216 g/mol. The van der Waals surface area contributed by atoms with E-state index in [2.05, 4.69) is 10.2 Å². The van der Waals surface area contributed by atoms with Crippen LogP contribution in [0.5, 0.6) is 0 Å². The lowest BCUT2D eigenvalue weighted by atomic mass is 10.3. The standard InChI is InChI=1S/C10H20N2O2.ClH/c1-2-14-10(13)4-8-12-7-3-5-11-6-9-12;/h11H,2-9H2,1H3;1H. The smallest absolute Gasteiger partial charge is 0.307 e. The molecule has 0 atom stereocenters. The zero-order valence-corrected chi connectivity index (χ0v) is 10.1. The van der Waals surface area contributed by atoms with Gasteiger partial charge in [0.2, 0.25) is 0 Å². The van der Waals surface area contributed by atoms with Crippen molar-refractivity contribution < 1.29 is 9.53 Å². The lowest BCUT2D eigenvalue weighted by Gasteiger charge is -2.18. The summed E-state index contributed by atoms with van der Waals surface area (Å²) in [7, 11) is 0. The summed E-state index contributed by atoms with van der Waals surface area (Å²) in [5, 5.41) is 3.33. The van der Waals surface area contributed by atoms with Crippen LogP contribution in [0.3, 0.4) is 0 Å². The van der Waals surface area contributed by atoms with E-state index in [1.54, 1.807) is 0 Å². The Morgan fingerprint density at radius 3 is 2.93 bits per heavy atom. The van der Waals surface area contributed by atoms with Crippen molar-refractivity contribution in [1.82, 2.24) is 10.2 Å². The van der Waals surface area contributed by atoms with Crippen molar-refractivity contribution in [2.75, 3.05) is 39.3 Å². The molecule has 0 aromatic rings. The Labute approximate surface area is 97.8 Å². The van der Waals surface area contributed by atoms with Gasteiger partial charge in [-0.25, -0.2) is 0 Å². The molecule has 0 aliphatic carbocycles. The lowest BCUT2D eigenvalue weighted by Crippen LogP contribution is -2.30. The number of hydrogen-bond acceptors (Lipinski definition) is 4. The molecule has 1 fully saturated rings. The number of ether oxygens (including phenoxy) is 1. The summed E-state index contributed by atoms with van der Waals surface area (Å²) in [5.41, 5.74) is 0. The van der Waals surface area contributed by atoms with Gasteiger partial charge in [-0.1, -0.05) is 0 Å². The molecule has 1 saturated heterocycles. The fraction of sp³-hybridized carbons (Fsp3) is 0.900. The molecule has 0 amide bonds. The maximum Gasteiger partial charge on any atom is 0.307 e. The second-order valence-corrected chi connectivity index (χ2v) is 3.50. The van der Waals surface area contributed by atoms with Crippen molar-refractivity contribution in [1.29, 1.82) is 0 Å². The van der Waals surface area contributed by atoms with Crippen LogP contribution >= 0.6 is 12.4 Å². The van der Waals surface area contributed by atoms with Gasteiger partial charge in [0.15, 0.2) is 0 Å². The largest absolute Gasteiger partial charge is 0.466 e. The average Bonchev–Trinajstić information content (AvgIpc) is 2.43. The van der Waals surface area contributed by atoms with E-state index >= 15 is 0 Å². The molecule has 1 aliphatic heterocycles. The van der Waals surface area contributed by atoms with Gasteiger partial charge < -0.3 is 15.0 Å². The number of nitrogens with one attached hydrogen (secondary N) is 1. The predicted octanol–water partition coefficient (Wildman–Crippen LogP) is 0.657. The van der Waals surface area contributed by atoms with Crippen molar-refractivity contribution in [3.8, 4) is 0 Å². The van der Waals surface area contributed by atoms with Gasteiger partial charge >= 0.3 is 5.97 Å². The summed E-state index contributed by atoms with van der Waals surface area (Å²) in [6.07, 6.45) is 1.69. The molecule has 15 heavy (non-hydrogen) atoms. The summed E-state index contributed by atoms with van der Waals surface area (Å²) < 4.78 is 4.88. The van der Waals surface area contributed by atoms with Crippen LogP contribution in [-0.2, 0) is 9.53 Å². The van der Waals surface area contributed by atoms with Crippen LogP contribution in [0.15, 0.2) is 0 Å². The van der Waals surface area contributed by atoms with Gasteiger partial charge in [-0.15, -0.1) is 12.4 Å². The molecule has 4 nitrogen and oxygen atoms in total. The topological polar surface area (TPSA) is 41.6 Å². The van der Waals surface area contributed by atoms with Crippen LogP contribution < -0.4 is 5.32 Å². The van der Waals surface area contributed by atoms with E-state index < -0.39 is 0 Å². The minimum absolute atomic E-state index is 0. The number of carbonyl (C=O) groups is 1. The van der Waals surface area contributed by atoms with Gasteiger partial charge in [0.1, 0.15) is 0 Å². The normalized spacial score (nSPS) is 17.7. The molecule has 1 aliphatic rings. The number of esters is 1. The molecule has 0 bridgehead atoms. The SMILES string of the molecule is CCOC(=O)CCN1CCCNCC1.Cl. The molecular formula is C10H21ClN2O2. The maximum atomic E-state index is 11.1. The number of carbonyl (C=O) groups excluding carboxylic acids is 1. The Morgan fingerprint density at radius 2 is 2.20 bits per heavy atom. The first kappa shape index (κ1) is 14.7. The van der Waals surface area contributed by atoms with Gasteiger partial charge in [0, 0.05) is 19.6 Å². The Bertz CT molecular complexity index is 171. The van der Waals surface area contributed by atoms with Gasteiger partial charge in [-0.3, -0.25) is 4.79 Å². The van der Waals surface area contributed by atoms with Crippen molar-refractivity contribution in [3.05, 3.63) is 0 Å². The summed E-state index contributed by atoms with van der Waals surface area (Å²) >= 11 is 0. The molecule has 0 spiro atoms. The van der Waals surface area contributed by atoms with Gasteiger partial charge in [-0.05, 0) is 26.4 Å². The highest BCUT2D eigenvalue weighted by atomic mass is 35.5. The monoisotopic (exact) mass is 236 g/mol. The zero-order chi connectivity index (χ0) is 10.2. The molecule has 1 rings (SSSR count). The first-order chi connectivity index (χ1) is 6.83. The van der Waals surface area contributed by atoms with E-state index in [9.17, 15) is 4.79 Å². The third kappa shape index (κ3) is 6.71. The fourth-order valence-electron chi connectivity index (χ4n) is 1.61. The Morgan fingerprint density at radius 1 is 1.40 bits per heavy atom. The third-order valence-electron chi connectivity index (χ3n) is 2.37. The molecule has 0 saturated carbocycles. The molecule has 0 aromatic carbocycles. The van der Waals surface area contributed by atoms with Gasteiger partial charge in [-0.2, -0.15) is 0 Å². The van der Waals surface area contributed by atoms with E-state index in [0.29, 0.717) is 13.0 Å². The van der Waals surface area contributed by atoms with Gasteiger partial charge in [0.05, 0.1) is 13.0 Å². The quantitative estimate of drug-likeness (QED) is 0.729. The van der Waals surface area contributed by atoms with E-state index in [0.717, 1.165) is 32.7 Å². The minimum atomic E-state index is -0.0790. The number of rotatable bonds is 4. The second kappa shape index (κ2) is 8.95. The number of halogens is 1. The Kier molecular flexibility index (Phi) is 8.76. The van der Waals surface area contributed by atoms with Gasteiger partial charge in [0.25, 0.3) is 0 Å². The van der Waals surface area contributed by atoms with Crippen LogP contribution in [0.25, 0.3) is 0 Å². The van der Waals surface area contributed by atoms with E-state index in [1.165, 1.54) is 6.42 Å². The van der Waals surface area contributed by atoms with Crippen molar-refractivity contribution in [2.24, 2.45) is 0 Å². The van der Waals surface area contributed by atoms with Crippen molar-refractivity contribution in [2.45, 2.75) is 19.8 Å². The fourth-order valence-corrected chi connectivity index (χ4v) is 1.61. The van der Waals surface area contributed by atoms with Crippen molar-refractivity contribution in [3.63, 3.8) is 0 Å². The highest BCUT2D eigenvalue weighted by Gasteiger charge is 2.10. The molecule has 0 radical (unpaired) electrons. The third-order valence-corrected chi connectivity index (χ3v) is 2.37. The minimum Gasteiger partial charge on any atom is -0.466 e. The number of hydrogen-bond donors (Lipinski definition) is 1. The van der Waals surface area contributed by atoms with Crippen LogP contribution in [-0.4, -0.2) is 50.2 Å². The van der Waals surface area contributed by atoms with E-state index in [4.69, 9.17) is 4.74 Å².